The maximum absolute atomic E-state index is 5.79. The van der Waals surface area contributed by atoms with E-state index in [1.807, 2.05) is 0 Å². The van der Waals surface area contributed by atoms with Crippen LogP contribution < -0.4 is 5.48 Å². The van der Waals surface area contributed by atoms with Gasteiger partial charge in [0, 0.05) is 6.54 Å². The number of hydrogen-bond donors (Lipinski definition) is 1. The second kappa shape index (κ2) is 6.18. The molecule has 100 valence electrons. The summed E-state index contributed by atoms with van der Waals surface area (Å²) < 4.78 is 0. The van der Waals surface area contributed by atoms with Crippen molar-refractivity contribution in [2.24, 2.45) is 0 Å². The normalized spacial score (nSPS) is 16.8. The van der Waals surface area contributed by atoms with Gasteiger partial charge < -0.3 is 0 Å². The van der Waals surface area contributed by atoms with E-state index >= 15 is 0 Å². The second-order valence-electron chi connectivity index (χ2n) is 5.34. The average molecular weight is 255 g/mol. The third-order valence-corrected chi connectivity index (χ3v) is 3.94. The highest BCUT2D eigenvalue weighted by molar-refractivity contribution is 5.85. The Morgan fingerprint density at radius 3 is 2.63 bits per heavy atom. The molecule has 0 heterocycles. The van der Waals surface area contributed by atoms with Crippen molar-refractivity contribution in [3.8, 4) is 0 Å². The standard InChI is InChI=1S/C17H21NO/c1-2-10-16(11-3-1)19-18-13-15-9-6-8-14-7-4-5-12-17(14)15/h4-9,12,16,18H,1-3,10-11,13H2. The number of hydroxylamine groups is 1. The van der Waals surface area contributed by atoms with Gasteiger partial charge in [0.1, 0.15) is 0 Å². The Balaban J connectivity index is 1.62. The third-order valence-electron chi connectivity index (χ3n) is 3.94. The molecule has 1 N–H and O–H groups in total. The average Bonchev–Trinajstić information content (AvgIpc) is 2.49. The molecule has 0 saturated heterocycles. The lowest BCUT2D eigenvalue weighted by Crippen LogP contribution is -2.25. The van der Waals surface area contributed by atoms with E-state index in [9.17, 15) is 0 Å². The van der Waals surface area contributed by atoms with Gasteiger partial charge in [0.25, 0.3) is 0 Å². The molecule has 2 heteroatoms. The summed E-state index contributed by atoms with van der Waals surface area (Å²) in [5.41, 5.74) is 4.46. The molecule has 0 bridgehead atoms. The van der Waals surface area contributed by atoms with E-state index in [1.165, 1.54) is 48.4 Å². The van der Waals surface area contributed by atoms with Crippen molar-refractivity contribution in [1.29, 1.82) is 0 Å². The van der Waals surface area contributed by atoms with E-state index in [0.29, 0.717) is 6.10 Å². The summed E-state index contributed by atoms with van der Waals surface area (Å²) in [5, 5.41) is 2.60. The lowest BCUT2D eigenvalue weighted by molar-refractivity contribution is -0.0451. The van der Waals surface area contributed by atoms with Crippen LogP contribution in [0.25, 0.3) is 10.8 Å². The highest BCUT2D eigenvalue weighted by Gasteiger charge is 2.13. The van der Waals surface area contributed by atoms with Gasteiger partial charge in [-0.25, -0.2) is 0 Å². The molecule has 1 saturated carbocycles. The first-order chi connectivity index (χ1) is 9.43. The zero-order valence-corrected chi connectivity index (χ0v) is 11.3. The molecule has 0 atom stereocenters. The van der Waals surface area contributed by atoms with Crippen molar-refractivity contribution >= 4 is 10.8 Å². The summed E-state index contributed by atoms with van der Waals surface area (Å²) in [6.45, 7) is 0.776. The molecular weight excluding hydrogens is 234 g/mol. The minimum atomic E-state index is 0.406. The number of nitrogens with one attached hydrogen (secondary N) is 1. The fourth-order valence-corrected chi connectivity index (χ4v) is 2.87. The van der Waals surface area contributed by atoms with Gasteiger partial charge in [0.2, 0.25) is 0 Å². The lowest BCUT2D eigenvalue weighted by atomic mass is 9.98. The molecule has 0 unspecified atom stereocenters. The monoisotopic (exact) mass is 255 g/mol. The number of fused-ring (bicyclic) bond motifs is 1. The van der Waals surface area contributed by atoms with Gasteiger partial charge in [-0.2, -0.15) is 5.48 Å². The summed E-state index contributed by atoms with van der Waals surface area (Å²) in [6.07, 6.45) is 6.78. The zero-order valence-electron chi connectivity index (χ0n) is 11.3. The molecule has 0 radical (unpaired) electrons. The quantitative estimate of drug-likeness (QED) is 0.827. The SMILES string of the molecule is c1ccc2c(CNOC3CCCCC3)cccc2c1. The van der Waals surface area contributed by atoms with Gasteiger partial charge >= 0.3 is 0 Å². The van der Waals surface area contributed by atoms with E-state index in [-0.39, 0.29) is 0 Å². The summed E-state index contributed by atoms with van der Waals surface area (Å²) in [6, 6.07) is 14.9. The van der Waals surface area contributed by atoms with E-state index in [0.717, 1.165) is 6.54 Å². The Labute approximate surface area is 114 Å². The summed E-state index contributed by atoms with van der Waals surface area (Å²) in [4.78, 5) is 5.79. The highest BCUT2D eigenvalue weighted by Crippen LogP contribution is 2.21. The Hall–Kier alpha value is -1.38. The van der Waals surface area contributed by atoms with Crippen molar-refractivity contribution < 1.29 is 4.84 Å². The van der Waals surface area contributed by atoms with Gasteiger partial charge in [-0.15, -0.1) is 0 Å². The maximum atomic E-state index is 5.79. The van der Waals surface area contributed by atoms with Crippen LogP contribution in [0.1, 0.15) is 37.7 Å². The Bertz CT molecular complexity index is 526. The Morgan fingerprint density at radius 1 is 0.947 bits per heavy atom. The van der Waals surface area contributed by atoms with Crippen molar-refractivity contribution in [3.63, 3.8) is 0 Å². The smallest absolute Gasteiger partial charge is 0.0790 e. The fraction of sp³-hybridized carbons (Fsp3) is 0.412. The molecule has 19 heavy (non-hydrogen) atoms. The van der Waals surface area contributed by atoms with Crippen LogP contribution in [-0.4, -0.2) is 6.10 Å². The van der Waals surface area contributed by atoms with Crippen molar-refractivity contribution in [2.45, 2.75) is 44.8 Å². The van der Waals surface area contributed by atoms with Crippen LogP contribution >= 0.6 is 0 Å². The summed E-state index contributed by atoms with van der Waals surface area (Å²) in [7, 11) is 0. The molecule has 2 aromatic rings. The van der Waals surface area contributed by atoms with E-state index in [1.54, 1.807) is 0 Å². The molecule has 1 aliphatic rings. The Morgan fingerprint density at radius 2 is 1.74 bits per heavy atom. The van der Waals surface area contributed by atoms with Crippen LogP contribution in [0.2, 0.25) is 0 Å². The highest BCUT2D eigenvalue weighted by atomic mass is 16.7. The number of benzene rings is 2. The van der Waals surface area contributed by atoms with Crippen LogP contribution in [0.5, 0.6) is 0 Å². The van der Waals surface area contributed by atoms with Gasteiger partial charge in [0.05, 0.1) is 6.10 Å². The molecule has 0 aromatic heterocycles. The van der Waals surface area contributed by atoms with Gasteiger partial charge in [0.15, 0.2) is 0 Å². The predicted octanol–water partition coefficient (Wildman–Crippen LogP) is 4.19. The topological polar surface area (TPSA) is 21.3 Å². The van der Waals surface area contributed by atoms with Gasteiger partial charge in [-0.1, -0.05) is 61.7 Å². The molecule has 0 amide bonds. The first kappa shape index (κ1) is 12.6. The van der Waals surface area contributed by atoms with Crippen molar-refractivity contribution in [1.82, 2.24) is 5.48 Å². The van der Waals surface area contributed by atoms with E-state index < -0.39 is 0 Å². The first-order valence-electron chi connectivity index (χ1n) is 7.28. The predicted molar refractivity (Wildman–Crippen MR) is 78.7 cm³/mol. The minimum Gasteiger partial charge on any atom is -0.298 e. The third kappa shape index (κ3) is 3.14. The van der Waals surface area contributed by atoms with Crippen molar-refractivity contribution in [3.05, 3.63) is 48.0 Å². The summed E-state index contributed by atoms with van der Waals surface area (Å²) >= 11 is 0. The van der Waals surface area contributed by atoms with E-state index in [2.05, 4.69) is 47.9 Å². The van der Waals surface area contributed by atoms with Crippen LogP contribution in [0, 0.1) is 0 Å². The molecule has 2 aromatic carbocycles. The van der Waals surface area contributed by atoms with Crippen LogP contribution in [0.3, 0.4) is 0 Å². The number of rotatable bonds is 4. The fourth-order valence-electron chi connectivity index (χ4n) is 2.87. The molecule has 1 fully saturated rings. The van der Waals surface area contributed by atoms with Crippen LogP contribution in [0.4, 0.5) is 0 Å². The minimum absolute atomic E-state index is 0.406. The zero-order chi connectivity index (χ0) is 12.9. The Kier molecular flexibility index (Phi) is 4.11. The maximum Gasteiger partial charge on any atom is 0.0790 e. The van der Waals surface area contributed by atoms with Gasteiger partial charge in [-0.05, 0) is 29.2 Å². The first-order valence-corrected chi connectivity index (χ1v) is 7.28. The van der Waals surface area contributed by atoms with Gasteiger partial charge in [-0.3, -0.25) is 4.84 Å². The summed E-state index contributed by atoms with van der Waals surface area (Å²) in [5.74, 6) is 0. The van der Waals surface area contributed by atoms with Crippen LogP contribution in [-0.2, 0) is 11.4 Å². The molecule has 0 aliphatic heterocycles. The van der Waals surface area contributed by atoms with Crippen molar-refractivity contribution in [2.75, 3.05) is 0 Å². The van der Waals surface area contributed by atoms with Crippen LogP contribution in [0.15, 0.2) is 42.5 Å². The largest absolute Gasteiger partial charge is 0.298 e. The molecular formula is C17H21NO. The molecule has 2 nitrogen and oxygen atoms in total. The molecule has 1 aliphatic carbocycles. The molecule has 3 rings (SSSR count). The van der Waals surface area contributed by atoms with E-state index in [4.69, 9.17) is 4.84 Å². The lowest BCUT2D eigenvalue weighted by Gasteiger charge is -2.22. The second-order valence-corrected chi connectivity index (χ2v) is 5.34. The number of hydrogen-bond acceptors (Lipinski definition) is 2. The molecule has 0 spiro atoms.